The summed E-state index contributed by atoms with van der Waals surface area (Å²) in [4.78, 5) is 16.8. The number of halogens is 1. The molecule has 6 nitrogen and oxygen atoms in total. The first-order chi connectivity index (χ1) is 11.7. The van der Waals surface area contributed by atoms with E-state index in [9.17, 15) is 4.79 Å². The number of carbonyl (C=O) groups is 1. The zero-order valence-corrected chi connectivity index (χ0v) is 14.4. The molecule has 0 unspecified atom stereocenters. The zero-order valence-electron chi connectivity index (χ0n) is 12.8. The van der Waals surface area contributed by atoms with Gasteiger partial charge in [0.2, 0.25) is 0 Å². The molecule has 122 valence electrons. The van der Waals surface area contributed by atoms with Crippen molar-refractivity contribution in [3.8, 4) is 0 Å². The minimum absolute atomic E-state index is 0.202. The van der Waals surface area contributed by atoms with E-state index >= 15 is 0 Å². The summed E-state index contributed by atoms with van der Waals surface area (Å²) in [6, 6.07) is 12.8. The molecule has 0 aliphatic carbocycles. The molecule has 2 aromatic heterocycles. The third-order valence-corrected chi connectivity index (χ3v) is 3.88. The van der Waals surface area contributed by atoms with Crippen molar-refractivity contribution in [2.45, 2.75) is 6.54 Å². The second-order valence-electron chi connectivity index (χ2n) is 5.06. The minimum Gasteiger partial charge on any atom is -0.368 e. The fourth-order valence-corrected chi connectivity index (χ4v) is 2.45. The van der Waals surface area contributed by atoms with Crippen LogP contribution in [0.2, 0.25) is 0 Å². The molecule has 0 aliphatic rings. The SMILES string of the molecule is O=C(Nc1ccc(Br)cc1)c1cccnc1NCCn1cccn1. The van der Waals surface area contributed by atoms with Crippen LogP contribution in [0.15, 0.2) is 65.5 Å². The molecule has 0 saturated carbocycles. The van der Waals surface area contributed by atoms with E-state index in [0.717, 1.165) is 10.2 Å². The van der Waals surface area contributed by atoms with E-state index in [4.69, 9.17) is 0 Å². The molecule has 1 aromatic carbocycles. The van der Waals surface area contributed by atoms with Crippen LogP contribution in [-0.4, -0.2) is 27.2 Å². The highest BCUT2D eigenvalue weighted by atomic mass is 79.9. The first-order valence-electron chi connectivity index (χ1n) is 7.45. The summed E-state index contributed by atoms with van der Waals surface area (Å²) >= 11 is 3.37. The molecule has 3 rings (SSSR count). The number of rotatable bonds is 6. The number of amides is 1. The summed E-state index contributed by atoms with van der Waals surface area (Å²) < 4.78 is 2.78. The van der Waals surface area contributed by atoms with Crippen LogP contribution >= 0.6 is 15.9 Å². The lowest BCUT2D eigenvalue weighted by atomic mass is 10.2. The highest BCUT2D eigenvalue weighted by Gasteiger charge is 2.12. The average molecular weight is 386 g/mol. The quantitative estimate of drug-likeness (QED) is 0.681. The van der Waals surface area contributed by atoms with Gasteiger partial charge in [-0.25, -0.2) is 4.98 Å². The van der Waals surface area contributed by atoms with Crippen LogP contribution in [0, 0.1) is 0 Å². The summed E-state index contributed by atoms with van der Waals surface area (Å²) in [5.41, 5.74) is 1.23. The molecular weight excluding hydrogens is 370 g/mol. The maximum atomic E-state index is 12.5. The standard InChI is InChI=1S/C17H16BrN5O/c18-13-4-6-14(7-5-13)22-17(24)15-3-1-8-19-16(15)20-10-12-23-11-2-9-21-23/h1-9,11H,10,12H2,(H,19,20)(H,22,24). The highest BCUT2D eigenvalue weighted by Crippen LogP contribution is 2.17. The second kappa shape index (κ2) is 7.74. The van der Waals surface area contributed by atoms with E-state index in [1.807, 2.05) is 41.2 Å². The van der Waals surface area contributed by atoms with Gasteiger partial charge in [0.1, 0.15) is 5.82 Å². The molecule has 0 fully saturated rings. The minimum atomic E-state index is -0.202. The monoisotopic (exact) mass is 385 g/mol. The molecule has 2 N–H and O–H groups in total. The van der Waals surface area contributed by atoms with Gasteiger partial charge in [-0.05, 0) is 42.5 Å². The van der Waals surface area contributed by atoms with Crippen LogP contribution < -0.4 is 10.6 Å². The Bertz CT molecular complexity index is 802. The summed E-state index contributed by atoms with van der Waals surface area (Å²) in [6.07, 6.45) is 5.28. The van der Waals surface area contributed by atoms with Crippen molar-refractivity contribution in [2.75, 3.05) is 17.2 Å². The summed E-state index contributed by atoms with van der Waals surface area (Å²) in [7, 11) is 0. The molecule has 7 heteroatoms. The topological polar surface area (TPSA) is 71.8 Å². The Morgan fingerprint density at radius 3 is 2.71 bits per heavy atom. The number of nitrogens with one attached hydrogen (secondary N) is 2. The molecule has 0 radical (unpaired) electrons. The first-order valence-corrected chi connectivity index (χ1v) is 8.25. The molecule has 1 amide bonds. The average Bonchev–Trinajstić information content (AvgIpc) is 3.11. The normalized spacial score (nSPS) is 10.4. The van der Waals surface area contributed by atoms with Crippen molar-refractivity contribution in [1.82, 2.24) is 14.8 Å². The number of carbonyl (C=O) groups excluding carboxylic acids is 1. The van der Waals surface area contributed by atoms with E-state index in [-0.39, 0.29) is 5.91 Å². The fourth-order valence-electron chi connectivity index (χ4n) is 2.18. The molecule has 3 aromatic rings. The molecule has 24 heavy (non-hydrogen) atoms. The van der Waals surface area contributed by atoms with Crippen LogP contribution in [-0.2, 0) is 6.54 Å². The number of nitrogens with zero attached hydrogens (tertiary/aromatic N) is 3. The molecule has 2 heterocycles. The van der Waals surface area contributed by atoms with Gasteiger partial charge in [-0.3, -0.25) is 9.48 Å². The van der Waals surface area contributed by atoms with E-state index in [2.05, 4.69) is 36.6 Å². The molecular formula is C17H16BrN5O. The number of hydrogen-bond donors (Lipinski definition) is 2. The van der Waals surface area contributed by atoms with Gasteiger partial charge in [-0.15, -0.1) is 0 Å². The van der Waals surface area contributed by atoms with Crippen LogP contribution in [0.3, 0.4) is 0 Å². The Balaban J connectivity index is 1.66. The largest absolute Gasteiger partial charge is 0.368 e. The van der Waals surface area contributed by atoms with Crippen LogP contribution in [0.4, 0.5) is 11.5 Å². The maximum absolute atomic E-state index is 12.5. The second-order valence-corrected chi connectivity index (χ2v) is 5.97. The van der Waals surface area contributed by atoms with E-state index in [0.29, 0.717) is 24.5 Å². The molecule has 0 aliphatic heterocycles. The predicted octanol–water partition coefficient (Wildman–Crippen LogP) is 3.41. The number of benzene rings is 1. The van der Waals surface area contributed by atoms with Gasteiger partial charge in [-0.2, -0.15) is 5.10 Å². The van der Waals surface area contributed by atoms with E-state index in [1.165, 1.54) is 0 Å². The molecule has 0 bridgehead atoms. The third-order valence-electron chi connectivity index (χ3n) is 3.35. The Hall–Kier alpha value is -2.67. The van der Waals surface area contributed by atoms with Crippen LogP contribution in [0.5, 0.6) is 0 Å². The van der Waals surface area contributed by atoms with Gasteiger partial charge in [0.05, 0.1) is 12.1 Å². The summed E-state index contributed by atoms with van der Waals surface area (Å²) in [5.74, 6) is 0.353. The van der Waals surface area contributed by atoms with Gasteiger partial charge < -0.3 is 10.6 Å². The van der Waals surface area contributed by atoms with E-state index in [1.54, 1.807) is 24.5 Å². The lowest BCUT2D eigenvalue weighted by molar-refractivity contribution is 0.102. The summed E-state index contributed by atoms with van der Waals surface area (Å²) in [6.45, 7) is 1.31. The fraction of sp³-hybridized carbons (Fsp3) is 0.118. The molecule has 0 atom stereocenters. The smallest absolute Gasteiger partial charge is 0.259 e. The van der Waals surface area contributed by atoms with Gasteiger partial charge >= 0.3 is 0 Å². The maximum Gasteiger partial charge on any atom is 0.259 e. The molecule has 0 saturated heterocycles. The van der Waals surface area contributed by atoms with E-state index < -0.39 is 0 Å². The lowest BCUT2D eigenvalue weighted by Crippen LogP contribution is -2.18. The Morgan fingerprint density at radius 2 is 1.96 bits per heavy atom. The number of anilines is 2. The van der Waals surface area contributed by atoms with Gasteiger partial charge in [0.25, 0.3) is 5.91 Å². The predicted molar refractivity (Wildman–Crippen MR) is 97.0 cm³/mol. The number of aromatic nitrogens is 3. The van der Waals surface area contributed by atoms with Gasteiger partial charge in [0.15, 0.2) is 0 Å². The number of hydrogen-bond acceptors (Lipinski definition) is 4. The Kier molecular flexibility index (Phi) is 5.22. The molecule has 0 spiro atoms. The Labute approximate surface area is 148 Å². The summed E-state index contributed by atoms with van der Waals surface area (Å²) in [5, 5.41) is 10.2. The van der Waals surface area contributed by atoms with Crippen LogP contribution in [0.25, 0.3) is 0 Å². The highest BCUT2D eigenvalue weighted by molar-refractivity contribution is 9.10. The van der Waals surface area contributed by atoms with Crippen molar-refractivity contribution in [2.24, 2.45) is 0 Å². The van der Waals surface area contributed by atoms with Gasteiger partial charge in [0, 0.05) is 35.3 Å². The van der Waals surface area contributed by atoms with Gasteiger partial charge in [-0.1, -0.05) is 15.9 Å². The third kappa shape index (κ3) is 4.20. The number of pyridine rings is 1. The van der Waals surface area contributed by atoms with Crippen molar-refractivity contribution in [3.63, 3.8) is 0 Å². The lowest BCUT2D eigenvalue weighted by Gasteiger charge is -2.11. The van der Waals surface area contributed by atoms with Crippen molar-refractivity contribution >= 4 is 33.3 Å². The first kappa shape index (κ1) is 16.2. The van der Waals surface area contributed by atoms with Crippen LogP contribution in [0.1, 0.15) is 10.4 Å². The van der Waals surface area contributed by atoms with Crippen molar-refractivity contribution in [3.05, 3.63) is 71.1 Å². The van der Waals surface area contributed by atoms with Crippen molar-refractivity contribution < 1.29 is 4.79 Å². The zero-order chi connectivity index (χ0) is 16.8. The van der Waals surface area contributed by atoms with Crippen molar-refractivity contribution in [1.29, 1.82) is 0 Å². The Morgan fingerprint density at radius 1 is 1.12 bits per heavy atom.